The van der Waals surface area contributed by atoms with Crippen molar-refractivity contribution in [2.45, 2.75) is 26.3 Å². The molecule has 0 fully saturated rings. The maximum Gasteiger partial charge on any atom is 0.135 e. The van der Waals surface area contributed by atoms with Crippen molar-refractivity contribution >= 4 is 21.9 Å². The molecule has 2 N–H and O–H groups in total. The minimum absolute atomic E-state index is 0.0862. The molecule has 2 nitrogen and oxygen atoms in total. The molecule has 98 valence electrons. The smallest absolute Gasteiger partial charge is 0.135 e. The molecule has 0 aliphatic rings. The Hall–Kier alpha value is -1.80. The minimum Gasteiger partial charge on any atom is -0.456 e. The SMILES string of the molecule is CCC(C)C(N)c1ccc2oc3ccccc3c2c1. The van der Waals surface area contributed by atoms with Gasteiger partial charge in [0.05, 0.1) is 0 Å². The van der Waals surface area contributed by atoms with Crippen molar-refractivity contribution in [3.05, 3.63) is 48.0 Å². The van der Waals surface area contributed by atoms with Crippen LogP contribution in [0.15, 0.2) is 46.9 Å². The first-order valence-electron chi connectivity index (χ1n) is 6.87. The number of hydrogen-bond acceptors (Lipinski definition) is 2. The lowest BCUT2D eigenvalue weighted by Gasteiger charge is -2.18. The van der Waals surface area contributed by atoms with Gasteiger partial charge in [-0.3, -0.25) is 0 Å². The lowest BCUT2D eigenvalue weighted by atomic mass is 9.92. The Labute approximate surface area is 113 Å². The normalized spacial score (nSPS) is 14.9. The van der Waals surface area contributed by atoms with Gasteiger partial charge in [-0.15, -0.1) is 0 Å². The van der Waals surface area contributed by atoms with Gasteiger partial charge in [0.25, 0.3) is 0 Å². The molecule has 0 saturated carbocycles. The van der Waals surface area contributed by atoms with Gasteiger partial charge in [0.2, 0.25) is 0 Å². The second-order valence-electron chi connectivity index (χ2n) is 5.27. The summed E-state index contributed by atoms with van der Waals surface area (Å²) in [7, 11) is 0. The van der Waals surface area contributed by atoms with E-state index >= 15 is 0 Å². The lowest BCUT2D eigenvalue weighted by Crippen LogP contribution is -2.18. The van der Waals surface area contributed by atoms with Gasteiger partial charge in [-0.2, -0.15) is 0 Å². The summed E-state index contributed by atoms with van der Waals surface area (Å²) in [5.41, 5.74) is 9.38. The Morgan fingerprint density at radius 1 is 1.05 bits per heavy atom. The predicted molar refractivity (Wildman–Crippen MR) is 80.1 cm³/mol. The first-order valence-corrected chi connectivity index (χ1v) is 6.87. The molecule has 1 aromatic heterocycles. The maximum absolute atomic E-state index is 6.32. The zero-order chi connectivity index (χ0) is 13.4. The quantitative estimate of drug-likeness (QED) is 0.739. The van der Waals surface area contributed by atoms with Gasteiger partial charge in [0.1, 0.15) is 11.2 Å². The van der Waals surface area contributed by atoms with Crippen molar-refractivity contribution in [1.82, 2.24) is 0 Å². The standard InChI is InChI=1S/C17H19NO/c1-3-11(2)17(18)12-8-9-16-14(10-12)13-6-4-5-7-15(13)19-16/h4-11,17H,3,18H2,1-2H3. The molecule has 1 heterocycles. The average molecular weight is 253 g/mol. The first-order chi connectivity index (χ1) is 9.20. The molecule has 3 rings (SSSR count). The fraction of sp³-hybridized carbons (Fsp3) is 0.294. The predicted octanol–water partition coefficient (Wildman–Crippen LogP) is 4.63. The molecule has 19 heavy (non-hydrogen) atoms. The molecule has 0 aliphatic carbocycles. The van der Waals surface area contributed by atoms with E-state index in [9.17, 15) is 0 Å². The average Bonchev–Trinajstić information content (AvgIpc) is 2.83. The van der Waals surface area contributed by atoms with Crippen molar-refractivity contribution < 1.29 is 4.42 Å². The van der Waals surface area contributed by atoms with E-state index in [1.807, 2.05) is 24.3 Å². The fourth-order valence-corrected chi connectivity index (χ4v) is 2.53. The number of benzene rings is 2. The molecule has 0 spiro atoms. The van der Waals surface area contributed by atoms with Crippen LogP contribution in [0, 0.1) is 5.92 Å². The van der Waals surface area contributed by atoms with Crippen LogP contribution in [0.1, 0.15) is 31.9 Å². The van der Waals surface area contributed by atoms with E-state index in [1.54, 1.807) is 0 Å². The maximum atomic E-state index is 6.32. The summed E-state index contributed by atoms with van der Waals surface area (Å²) in [6, 6.07) is 14.5. The Kier molecular flexibility index (Phi) is 3.03. The van der Waals surface area contributed by atoms with Crippen molar-refractivity contribution in [1.29, 1.82) is 0 Å². The monoisotopic (exact) mass is 253 g/mol. The van der Waals surface area contributed by atoms with Gasteiger partial charge in [-0.05, 0) is 29.7 Å². The van der Waals surface area contributed by atoms with Crippen molar-refractivity contribution in [3.8, 4) is 0 Å². The number of furan rings is 1. The number of para-hydroxylation sites is 1. The van der Waals surface area contributed by atoms with Crippen LogP contribution >= 0.6 is 0 Å². The topological polar surface area (TPSA) is 39.2 Å². The van der Waals surface area contributed by atoms with Crippen LogP contribution in [0.4, 0.5) is 0 Å². The number of fused-ring (bicyclic) bond motifs is 3. The molecule has 0 amide bonds. The zero-order valence-corrected chi connectivity index (χ0v) is 11.4. The zero-order valence-electron chi connectivity index (χ0n) is 11.4. The largest absolute Gasteiger partial charge is 0.456 e. The van der Waals surface area contributed by atoms with Gasteiger partial charge in [0.15, 0.2) is 0 Å². The Bertz CT molecular complexity index is 713. The number of rotatable bonds is 3. The van der Waals surface area contributed by atoms with Crippen LogP contribution in [-0.2, 0) is 0 Å². The summed E-state index contributed by atoms with van der Waals surface area (Å²) >= 11 is 0. The van der Waals surface area contributed by atoms with E-state index in [0.29, 0.717) is 5.92 Å². The van der Waals surface area contributed by atoms with Crippen molar-refractivity contribution in [2.24, 2.45) is 11.7 Å². The van der Waals surface area contributed by atoms with E-state index < -0.39 is 0 Å². The number of nitrogens with two attached hydrogens (primary N) is 1. The molecule has 0 bridgehead atoms. The minimum atomic E-state index is 0.0862. The van der Waals surface area contributed by atoms with E-state index in [2.05, 4.69) is 32.0 Å². The van der Waals surface area contributed by atoms with Gasteiger partial charge < -0.3 is 10.2 Å². The molecular formula is C17H19NO. The van der Waals surface area contributed by atoms with Gasteiger partial charge in [-0.25, -0.2) is 0 Å². The summed E-state index contributed by atoms with van der Waals surface area (Å²) in [6.07, 6.45) is 1.09. The molecule has 2 aromatic carbocycles. The second-order valence-corrected chi connectivity index (χ2v) is 5.27. The summed E-state index contributed by atoms with van der Waals surface area (Å²) in [6.45, 7) is 4.37. The van der Waals surface area contributed by atoms with E-state index in [-0.39, 0.29) is 6.04 Å². The van der Waals surface area contributed by atoms with Gasteiger partial charge in [0, 0.05) is 16.8 Å². The molecule has 2 heteroatoms. The Morgan fingerprint density at radius 3 is 2.58 bits per heavy atom. The van der Waals surface area contributed by atoms with E-state index in [4.69, 9.17) is 10.2 Å². The van der Waals surface area contributed by atoms with Crippen LogP contribution in [0.2, 0.25) is 0 Å². The van der Waals surface area contributed by atoms with Crippen molar-refractivity contribution in [3.63, 3.8) is 0 Å². The van der Waals surface area contributed by atoms with Crippen LogP contribution in [0.25, 0.3) is 21.9 Å². The van der Waals surface area contributed by atoms with Gasteiger partial charge in [-0.1, -0.05) is 44.5 Å². The Morgan fingerprint density at radius 2 is 1.79 bits per heavy atom. The third kappa shape index (κ3) is 2.02. The van der Waals surface area contributed by atoms with Crippen LogP contribution in [0.3, 0.4) is 0 Å². The second kappa shape index (κ2) is 4.71. The molecule has 0 aliphatic heterocycles. The highest BCUT2D eigenvalue weighted by Crippen LogP contribution is 2.31. The third-order valence-electron chi connectivity index (χ3n) is 4.04. The van der Waals surface area contributed by atoms with Crippen LogP contribution < -0.4 is 5.73 Å². The molecular weight excluding hydrogens is 234 g/mol. The lowest BCUT2D eigenvalue weighted by molar-refractivity contribution is 0.457. The summed E-state index contributed by atoms with van der Waals surface area (Å²) < 4.78 is 5.83. The highest BCUT2D eigenvalue weighted by molar-refractivity contribution is 6.05. The van der Waals surface area contributed by atoms with E-state index in [1.165, 1.54) is 5.56 Å². The van der Waals surface area contributed by atoms with Crippen molar-refractivity contribution in [2.75, 3.05) is 0 Å². The first kappa shape index (κ1) is 12.2. The summed E-state index contributed by atoms with van der Waals surface area (Å²) in [5.74, 6) is 0.482. The fourth-order valence-electron chi connectivity index (χ4n) is 2.53. The van der Waals surface area contributed by atoms with Crippen LogP contribution in [-0.4, -0.2) is 0 Å². The van der Waals surface area contributed by atoms with Crippen LogP contribution in [0.5, 0.6) is 0 Å². The Balaban J connectivity index is 2.16. The molecule has 2 unspecified atom stereocenters. The highest BCUT2D eigenvalue weighted by Gasteiger charge is 2.15. The molecule has 3 aromatic rings. The number of hydrogen-bond donors (Lipinski definition) is 1. The molecule has 2 atom stereocenters. The van der Waals surface area contributed by atoms with E-state index in [0.717, 1.165) is 28.4 Å². The third-order valence-corrected chi connectivity index (χ3v) is 4.04. The highest BCUT2D eigenvalue weighted by atomic mass is 16.3. The summed E-state index contributed by atoms with van der Waals surface area (Å²) in [5, 5.41) is 2.32. The molecule has 0 radical (unpaired) electrons. The van der Waals surface area contributed by atoms with Gasteiger partial charge >= 0.3 is 0 Å². The molecule has 0 saturated heterocycles. The summed E-state index contributed by atoms with van der Waals surface area (Å²) in [4.78, 5) is 0.